The lowest BCUT2D eigenvalue weighted by atomic mass is 9.90. The highest BCUT2D eigenvalue weighted by Crippen LogP contribution is 2.28. The van der Waals surface area contributed by atoms with Gasteiger partial charge in [0.25, 0.3) is 0 Å². The number of halogens is 1. The summed E-state index contributed by atoms with van der Waals surface area (Å²) < 4.78 is 45.0. The van der Waals surface area contributed by atoms with E-state index in [4.69, 9.17) is 11.1 Å². The Kier molecular flexibility index (Phi) is 10.8. The van der Waals surface area contributed by atoms with E-state index < -0.39 is 21.9 Å². The van der Waals surface area contributed by atoms with Gasteiger partial charge in [-0.2, -0.15) is 0 Å². The van der Waals surface area contributed by atoms with Crippen LogP contribution < -0.4 is 15.8 Å². The summed E-state index contributed by atoms with van der Waals surface area (Å²) in [5.41, 5.74) is 9.69. The SMILES string of the molecule is C=C(CCCC1CCN(C(=C)[C@H](Cc2cccc(C(=N)N)c2)NS(=O)(=O)c2cccc(-c3ccccc3F)c2)CC1)NC. The molecule has 228 valence electrons. The lowest BCUT2D eigenvalue weighted by Gasteiger charge is -2.38. The Morgan fingerprint density at radius 1 is 1.07 bits per heavy atom. The number of hydrogen-bond donors (Lipinski definition) is 4. The number of sulfonamides is 1. The van der Waals surface area contributed by atoms with Gasteiger partial charge >= 0.3 is 0 Å². The van der Waals surface area contributed by atoms with Crippen molar-refractivity contribution in [3.63, 3.8) is 0 Å². The number of piperidine rings is 1. The molecule has 0 saturated carbocycles. The number of rotatable bonds is 14. The first-order valence-corrected chi connectivity index (χ1v) is 16.2. The zero-order valence-electron chi connectivity index (χ0n) is 24.8. The van der Waals surface area contributed by atoms with Crippen molar-refractivity contribution in [3.05, 3.63) is 114 Å². The summed E-state index contributed by atoms with van der Waals surface area (Å²) >= 11 is 0. The third-order valence-corrected chi connectivity index (χ3v) is 9.64. The first-order valence-electron chi connectivity index (χ1n) is 14.7. The molecular weight excluding hydrogens is 561 g/mol. The van der Waals surface area contributed by atoms with E-state index in [0.29, 0.717) is 34.7 Å². The van der Waals surface area contributed by atoms with Crippen LogP contribution in [-0.4, -0.2) is 45.3 Å². The van der Waals surface area contributed by atoms with Gasteiger partial charge in [0.15, 0.2) is 0 Å². The van der Waals surface area contributed by atoms with E-state index in [1.165, 1.54) is 18.2 Å². The molecule has 7 nitrogen and oxygen atoms in total. The zero-order valence-corrected chi connectivity index (χ0v) is 25.6. The van der Waals surface area contributed by atoms with Crippen molar-refractivity contribution in [2.75, 3.05) is 20.1 Å². The molecule has 43 heavy (non-hydrogen) atoms. The van der Waals surface area contributed by atoms with Crippen LogP contribution in [0.25, 0.3) is 11.1 Å². The molecule has 4 rings (SSSR count). The van der Waals surface area contributed by atoms with Gasteiger partial charge in [-0.05, 0) is 79.8 Å². The predicted octanol–water partition coefficient (Wildman–Crippen LogP) is 5.80. The normalized spacial score (nSPS) is 14.7. The lowest BCUT2D eigenvalue weighted by Crippen LogP contribution is -2.45. The average Bonchev–Trinajstić information content (AvgIpc) is 3.01. The second kappa shape index (κ2) is 14.5. The fourth-order valence-electron chi connectivity index (χ4n) is 5.57. The van der Waals surface area contributed by atoms with Crippen LogP contribution in [0.2, 0.25) is 0 Å². The Hall–Kier alpha value is -3.95. The van der Waals surface area contributed by atoms with Gasteiger partial charge in [-0.1, -0.05) is 61.7 Å². The molecule has 1 aliphatic rings. The molecule has 3 aromatic rings. The number of nitrogens with one attached hydrogen (secondary N) is 3. The van der Waals surface area contributed by atoms with Gasteiger partial charge in [-0.3, -0.25) is 5.41 Å². The number of likely N-dealkylation sites (tertiary alicyclic amines) is 1. The molecule has 0 bridgehead atoms. The smallest absolute Gasteiger partial charge is 0.241 e. The maximum atomic E-state index is 14.5. The minimum atomic E-state index is -4.01. The number of hydrogen-bond acceptors (Lipinski definition) is 5. The van der Waals surface area contributed by atoms with Crippen LogP contribution in [0.5, 0.6) is 0 Å². The summed E-state index contributed by atoms with van der Waals surface area (Å²) in [6.45, 7) is 9.98. The summed E-state index contributed by atoms with van der Waals surface area (Å²) in [7, 11) is -2.11. The summed E-state index contributed by atoms with van der Waals surface area (Å²) in [6.07, 6.45) is 5.53. The maximum Gasteiger partial charge on any atom is 0.241 e. The van der Waals surface area contributed by atoms with Gasteiger partial charge in [0, 0.05) is 42.7 Å². The van der Waals surface area contributed by atoms with Gasteiger partial charge in [-0.15, -0.1) is 0 Å². The standard InChI is InChI=1S/C34H42FN5O2S/c1-24(38-3)9-6-10-26-17-19-40(20-18-26)25(2)33(22-27-11-7-13-29(21-27)34(36)37)39-43(41,42)30-14-8-12-28(23-30)31-15-4-5-16-32(31)35/h4-5,7-8,11-16,21,23,26,33,38-39H,1-2,6,9-10,17-20,22H2,3H3,(H3,36,37)/t33-/m0/s1. The van der Waals surface area contributed by atoms with Crippen molar-refractivity contribution in [1.82, 2.24) is 14.9 Å². The minimum Gasteiger partial charge on any atom is -0.392 e. The Bertz CT molecular complexity index is 1560. The second-order valence-electron chi connectivity index (χ2n) is 11.2. The molecule has 0 radical (unpaired) electrons. The van der Waals surface area contributed by atoms with E-state index in [2.05, 4.69) is 28.1 Å². The average molecular weight is 604 g/mol. The maximum absolute atomic E-state index is 14.5. The van der Waals surface area contributed by atoms with Crippen molar-refractivity contribution in [2.45, 2.75) is 49.5 Å². The van der Waals surface area contributed by atoms with Gasteiger partial charge in [-0.25, -0.2) is 17.5 Å². The van der Waals surface area contributed by atoms with E-state index in [1.807, 2.05) is 19.2 Å². The van der Waals surface area contributed by atoms with E-state index in [0.717, 1.165) is 56.5 Å². The van der Waals surface area contributed by atoms with Crippen LogP contribution in [0.3, 0.4) is 0 Å². The molecule has 9 heteroatoms. The molecule has 3 aromatic carbocycles. The van der Waals surface area contributed by atoms with E-state index in [1.54, 1.807) is 42.5 Å². The van der Waals surface area contributed by atoms with Gasteiger partial charge in [0.05, 0.1) is 10.9 Å². The highest BCUT2D eigenvalue weighted by Gasteiger charge is 2.28. The van der Waals surface area contributed by atoms with Crippen molar-refractivity contribution < 1.29 is 12.8 Å². The summed E-state index contributed by atoms with van der Waals surface area (Å²) in [4.78, 5) is 2.23. The molecule has 0 aliphatic carbocycles. The van der Waals surface area contributed by atoms with E-state index >= 15 is 0 Å². The minimum absolute atomic E-state index is 0.0467. The molecule has 1 saturated heterocycles. The van der Waals surface area contributed by atoms with Crippen LogP contribution >= 0.6 is 0 Å². The van der Waals surface area contributed by atoms with Crippen LogP contribution in [0, 0.1) is 17.1 Å². The number of benzene rings is 3. The fraction of sp³-hybridized carbons (Fsp3) is 0.324. The Morgan fingerprint density at radius 2 is 1.79 bits per heavy atom. The molecule has 1 fully saturated rings. The Balaban J connectivity index is 1.54. The van der Waals surface area contributed by atoms with E-state index in [-0.39, 0.29) is 10.7 Å². The Morgan fingerprint density at radius 3 is 2.49 bits per heavy atom. The molecule has 0 amide bonds. The van der Waals surface area contributed by atoms with Crippen molar-refractivity contribution in [3.8, 4) is 11.1 Å². The topological polar surface area (TPSA) is 111 Å². The van der Waals surface area contributed by atoms with Crippen molar-refractivity contribution in [2.24, 2.45) is 11.7 Å². The number of amidine groups is 1. The first-order chi connectivity index (χ1) is 20.6. The van der Waals surface area contributed by atoms with E-state index in [9.17, 15) is 12.8 Å². The number of nitrogens with two attached hydrogens (primary N) is 1. The number of allylic oxidation sites excluding steroid dienone is 1. The van der Waals surface area contributed by atoms with Gasteiger partial charge < -0.3 is 16.0 Å². The Labute approximate surface area is 255 Å². The third-order valence-electron chi connectivity index (χ3n) is 8.17. The van der Waals surface area contributed by atoms with Crippen molar-refractivity contribution >= 4 is 15.9 Å². The molecule has 0 unspecified atom stereocenters. The molecule has 0 aromatic heterocycles. The van der Waals surface area contributed by atoms with Crippen LogP contribution in [-0.2, 0) is 16.4 Å². The van der Waals surface area contributed by atoms with Crippen LogP contribution in [0.1, 0.15) is 43.2 Å². The monoisotopic (exact) mass is 603 g/mol. The quantitative estimate of drug-likeness (QED) is 0.138. The van der Waals surface area contributed by atoms with Crippen LogP contribution in [0.15, 0.2) is 102 Å². The third kappa shape index (κ3) is 8.55. The summed E-state index contributed by atoms with van der Waals surface area (Å²) in [6, 6.07) is 19.2. The predicted molar refractivity (Wildman–Crippen MR) is 173 cm³/mol. The highest BCUT2D eigenvalue weighted by atomic mass is 32.2. The lowest BCUT2D eigenvalue weighted by molar-refractivity contribution is 0.206. The van der Waals surface area contributed by atoms with Gasteiger partial charge in [0.1, 0.15) is 11.7 Å². The largest absolute Gasteiger partial charge is 0.392 e. The van der Waals surface area contributed by atoms with Gasteiger partial charge in [0.2, 0.25) is 10.0 Å². The zero-order chi connectivity index (χ0) is 31.0. The van der Waals surface area contributed by atoms with Crippen LogP contribution in [0.4, 0.5) is 4.39 Å². The summed E-state index contributed by atoms with van der Waals surface area (Å²) in [5.74, 6) is 0.136. The second-order valence-corrected chi connectivity index (χ2v) is 12.9. The molecule has 1 atom stereocenters. The molecule has 0 spiro atoms. The highest BCUT2D eigenvalue weighted by molar-refractivity contribution is 7.89. The first kappa shape index (κ1) is 32.0. The number of nitrogen functional groups attached to an aromatic ring is 1. The molecular formula is C34H42FN5O2S. The fourth-order valence-corrected chi connectivity index (χ4v) is 6.84. The molecule has 5 N–H and O–H groups in total. The van der Waals surface area contributed by atoms with Crippen molar-refractivity contribution in [1.29, 1.82) is 5.41 Å². The molecule has 1 aliphatic heterocycles. The number of nitrogens with zero attached hydrogens (tertiary/aromatic N) is 1. The molecule has 1 heterocycles. The summed E-state index contributed by atoms with van der Waals surface area (Å²) in [5, 5.41) is 10.9.